The first kappa shape index (κ1) is 14.0. The molecule has 0 bridgehead atoms. The molecule has 0 aliphatic rings. The van der Waals surface area contributed by atoms with Crippen molar-refractivity contribution in [1.29, 1.82) is 0 Å². The molecule has 0 radical (unpaired) electrons. The van der Waals surface area contributed by atoms with Crippen LogP contribution in [0.1, 0.15) is 24.5 Å². The highest BCUT2D eigenvalue weighted by atomic mass is 35.5. The van der Waals surface area contributed by atoms with Crippen LogP contribution in [0.4, 0.5) is 0 Å². The number of fused-ring (bicyclic) bond motifs is 1. The van der Waals surface area contributed by atoms with Crippen molar-refractivity contribution in [3.63, 3.8) is 0 Å². The minimum absolute atomic E-state index is 0.207. The number of aromatic nitrogens is 4. The zero-order chi connectivity index (χ0) is 13.8. The van der Waals surface area contributed by atoms with Gasteiger partial charge in [0.25, 0.3) is 0 Å². The normalized spacial score (nSPS) is 12.8. The molecular formula is C12H17ClN4O2. The summed E-state index contributed by atoms with van der Waals surface area (Å²) in [4.78, 5) is 12.8. The lowest BCUT2D eigenvalue weighted by Gasteiger charge is -2.09. The number of hydrogen-bond donors (Lipinski definition) is 0. The van der Waals surface area contributed by atoms with Crippen molar-refractivity contribution < 1.29 is 9.47 Å². The highest BCUT2D eigenvalue weighted by Gasteiger charge is 2.18. The van der Waals surface area contributed by atoms with Gasteiger partial charge in [0.05, 0.1) is 12.5 Å². The van der Waals surface area contributed by atoms with Gasteiger partial charge in [-0.1, -0.05) is 0 Å². The first-order valence-corrected chi connectivity index (χ1v) is 6.50. The summed E-state index contributed by atoms with van der Waals surface area (Å²) in [5, 5.41) is -0.207. The molecule has 0 spiro atoms. The monoisotopic (exact) mass is 284 g/mol. The average molecular weight is 285 g/mol. The molecule has 0 aromatic carbocycles. The van der Waals surface area contributed by atoms with Crippen LogP contribution in [0.15, 0.2) is 6.33 Å². The Kier molecular flexibility index (Phi) is 4.55. The van der Waals surface area contributed by atoms with Gasteiger partial charge in [-0.2, -0.15) is 4.98 Å². The molecule has 0 fully saturated rings. The van der Waals surface area contributed by atoms with Crippen LogP contribution < -0.4 is 4.74 Å². The maximum Gasteiger partial charge on any atom is 0.245 e. The molecular weight excluding hydrogens is 268 g/mol. The molecule has 1 atom stereocenters. The van der Waals surface area contributed by atoms with Crippen molar-refractivity contribution in [2.75, 3.05) is 20.8 Å². The number of ether oxygens (including phenoxy) is 2. The molecule has 2 aromatic rings. The number of methoxy groups -OCH3 is 2. The third-order valence-corrected chi connectivity index (χ3v) is 3.00. The van der Waals surface area contributed by atoms with Crippen LogP contribution in [0.2, 0.25) is 0 Å². The summed E-state index contributed by atoms with van der Waals surface area (Å²) in [7, 11) is 3.25. The van der Waals surface area contributed by atoms with Gasteiger partial charge in [0.15, 0.2) is 11.2 Å². The lowest BCUT2D eigenvalue weighted by Crippen LogP contribution is -2.07. The predicted molar refractivity (Wildman–Crippen MR) is 72.6 cm³/mol. The molecule has 2 aromatic heterocycles. The third-order valence-electron chi connectivity index (χ3n) is 2.81. The van der Waals surface area contributed by atoms with E-state index in [0.29, 0.717) is 18.0 Å². The van der Waals surface area contributed by atoms with Crippen LogP contribution in [0, 0.1) is 0 Å². The Morgan fingerprint density at radius 1 is 1.37 bits per heavy atom. The Morgan fingerprint density at radius 3 is 2.79 bits per heavy atom. The van der Waals surface area contributed by atoms with E-state index in [1.807, 2.05) is 11.5 Å². The van der Waals surface area contributed by atoms with Crippen LogP contribution in [0.25, 0.3) is 11.2 Å². The van der Waals surface area contributed by atoms with Gasteiger partial charge in [-0.3, -0.25) is 0 Å². The standard InChI is InChI=1S/C12H17ClN4O2/c1-8(13)10-16-9-11(14-7-15-12(9)19-3)17(10)5-4-6-18-2/h7-8H,4-6H2,1-3H3. The molecule has 0 N–H and O–H groups in total. The van der Waals surface area contributed by atoms with E-state index in [0.717, 1.165) is 24.4 Å². The predicted octanol–water partition coefficient (Wildman–Crippen LogP) is 2.17. The zero-order valence-electron chi connectivity index (χ0n) is 11.3. The number of alkyl halides is 1. The number of hydrogen-bond acceptors (Lipinski definition) is 5. The number of nitrogens with zero attached hydrogens (tertiary/aromatic N) is 4. The Morgan fingerprint density at radius 2 is 2.16 bits per heavy atom. The highest BCUT2D eigenvalue weighted by Crippen LogP contribution is 2.27. The molecule has 19 heavy (non-hydrogen) atoms. The molecule has 104 valence electrons. The molecule has 0 amide bonds. The van der Waals surface area contributed by atoms with E-state index in [9.17, 15) is 0 Å². The number of aryl methyl sites for hydroxylation is 1. The van der Waals surface area contributed by atoms with E-state index in [1.165, 1.54) is 6.33 Å². The highest BCUT2D eigenvalue weighted by molar-refractivity contribution is 6.20. The first-order chi connectivity index (χ1) is 9.19. The summed E-state index contributed by atoms with van der Waals surface area (Å²) in [6.45, 7) is 3.31. The summed E-state index contributed by atoms with van der Waals surface area (Å²) in [6, 6.07) is 0. The Bertz CT molecular complexity index is 556. The molecule has 7 heteroatoms. The smallest absolute Gasteiger partial charge is 0.245 e. The molecule has 0 saturated carbocycles. The van der Waals surface area contributed by atoms with Crippen molar-refractivity contribution in [3.05, 3.63) is 12.2 Å². The van der Waals surface area contributed by atoms with Gasteiger partial charge >= 0.3 is 0 Å². The van der Waals surface area contributed by atoms with E-state index in [1.54, 1.807) is 14.2 Å². The van der Waals surface area contributed by atoms with Crippen molar-refractivity contribution in [3.8, 4) is 5.88 Å². The Balaban J connectivity index is 2.48. The van der Waals surface area contributed by atoms with Gasteiger partial charge in [-0.25, -0.2) is 9.97 Å². The van der Waals surface area contributed by atoms with Gasteiger partial charge in [-0.15, -0.1) is 11.6 Å². The van der Waals surface area contributed by atoms with Crippen LogP contribution >= 0.6 is 11.6 Å². The minimum Gasteiger partial charge on any atom is -0.479 e. The van der Waals surface area contributed by atoms with E-state index >= 15 is 0 Å². The van der Waals surface area contributed by atoms with E-state index in [-0.39, 0.29) is 5.38 Å². The van der Waals surface area contributed by atoms with E-state index < -0.39 is 0 Å². The van der Waals surface area contributed by atoms with Gasteiger partial charge in [-0.05, 0) is 13.3 Å². The molecule has 2 heterocycles. The Labute approximate surface area is 116 Å². The SMILES string of the molecule is COCCCn1c(C(C)Cl)nc2c(OC)ncnc21. The van der Waals surface area contributed by atoms with Gasteiger partial charge in [0.2, 0.25) is 5.88 Å². The number of imidazole rings is 1. The van der Waals surface area contributed by atoms with Crippen LogP contribution in [-0.2, 0) is 11.3 Å². The second-order valence-electron chi connectivity index (χ2n) is 4.14. The molecule has 0 aliphatic carbocycles. The largest absolute Gasteiger partial charge is 0.479 e. The van der Waals surface area contributed by atoms with Crippen molar-refractivity contribution in [2.24, 2.45) is 0 Å². The summed E-state index contributed by atoms with van der Waals surface area (Å²) >= 11 is 6.18. The van der Waals surface area contributed by atoms with Crippen LogP contribution in [-0.4, -0.2) is 40.3 Å². The lowest BCUT2D eigenvalue weighted by atomic mass is 10.4. The third kappa shape index (κ3) is 2.79. The maximum absolute atomic E-state index is 6.18. The molecule has 1 unspecified atom stereocenters. The Hall–Kier alpha value is -1.40. The van der Waals surface area contributed by atoms with E-state index in [2.05, 4.69) is 15.0 Å². The zero-order valence-corrected chi connectivity index (χ0v) is 12.0. The van der Waals surface area contributed by atoms with E-state index in [4.69, 9.17) is 21.1 Å². The van der Waals surface area contributed by atoms with Crippen molar-refractivity contribution in [2.45, 2.75) is 25.3 Å². The molecule has 0 aliphatic heterocycles. The topological polar surface area (TPSA) is 62.1 Å². The fourth-order valence-corrected chi connectivity index (χ4v) is 2.14. The summed E-state index contributed by atoms with van der Waals surface area (Å²) in [5.74, 6) is 1.24. The minimum atomic E-state index is -0.207. The lowest BCUT2D eigenvalue weighted by molar-refractivity contribution is 0.190. The molecule has 6 nitrogen and oxygen atoms in total. The first-order valence-electron chi connectivity index (χ1n) is 6.07. The van der Waals surface area contributed by atoms with Gasteiger partial charge < -0.3 is 14.0 Å². The summed E-state index contributed by atoms with van der Waals surface area (Å²) in [5.41, 5.74) is 1.38. The summed E-state index contributed by atoms with van der Waals surface area (Å²) in [6.07, 6.45) is 2.34. The second kappa shape index (κ2) is 6.16. The summed E-state index contributed by atoms with van der Waals surface area (Å²) < 4.78 is 12.3. The van der Waals surface area contributed by atoms with Crippen LogP contribution in [0.3, 0.4) is 0 Å². The van der Waals surface area contributed by atoms with Gasteiger partial charge in [0, 0.05) is 20.3 Å². The average Bonchev–Trinajstić information content (AvgIpc) is 2.78. The second-order valence-corrected chi connectivity index (χ2v) is 4.79. The van der Waals surface area contributed by atoms with Crippen molar-refractivity contribution in [1.82, 2.24) is 19.5 Å². The number of halogens is 1. The van der Waals surface area contributed by atoms with Crippen molar-refractivity contribution >= 4 is 22.8 Å². The molecule has 0 saturated heterocycles. The fraction of sp³-hybridized carbons (Fsp3) is 0.583. The quantitative estimate of drug-likeness (QED) is 0.601. The molecule has 2 rings (SSSR count). The number of rotatable bonds is 6. The van der Waals surface area contributed by atoms with Gasteiger partial charge in [0.1, 0.15) is 12.2 Å². The fourth-order valence-electron chi connectivity index (χ4n) is 1.97. The van der Waals surface area contributed by atoms with Crippen LogP contribution in [0.5, 0.6) is 5.88 Å². The maximum atomic E-state index is 6.18.